The van der Waals surface area contributed by atoms with E-state index in [-0.39, 0.29) is 0 Å². The average molecular weight is 221 g/mol. The number of benzene rings is 1. The second-order valence-corrected chi connectivity index (χ2v) is 4.27. The average Bonchev–Trinajstić information content (AvgIpc) is 2.31. The van der Waals surface area contributed by atoms with Gasteiger partial charge in [-0.1, -0.05) is 12.1 Å². The van der Waals surface area contributed by atoms with E-state index in [2.05, 4.69) is 39.9 Å². The molecule has 0 saturated carbocycles. The molecule has 1 aromatic carbocycles. The Morgan fingerprint density at radius 1 is 1.25 bits per heavy atom. The van der Waals surface area contributed by atoms with Crippen LogP contribution in [0.5, 0.6) is 0 Å². The topological polar surface area (TPSA) is 41.7 Å². The molecule has 2 rings (SSSR count). The molecule has 0 amide bonds. The van der Waals surface area contributed by atoms with Crippen LogP contribution in [0.3, 0.4) is 0 Å². The van der Waals surface area contributed by atoms with Gasteiger partial charge in [-0.3, -0.25) is 4.84 Å². The maximum absolute atomic E-state index is 5.09. The molecule has 0 unspecified atom stereocenters. The molecule has 1 aromatic rings. The van der Waals surface area contributed by atoms with Gasteiger partial charge < -0.3 is 9.80 Å². The van der Waals surface area contributed by atoms with Crippen molar-refractivity contribution in [2.45, 2.75) is 6.61 Å². The molecule has 4 heteroatoms. The summed E-state index contributed by atoms with van der Waals surface area (Å²) in [7, 11) is 2.16. The summed E-state index contributed by atoms with van der Waals surface area (Å²) in [4.78, 5) is 9.41. The lowest BCUT2D eigenvalue weighted by molar-refractivity contribution is 0.124. The molecule has 1 aliphatic rings. The zero-order chi connectivity index (χ0) is 11.4. The summed E-state index contributed by atoms with van der Waals surface area (Å²) >= 11 is 0. The highest BCUT2D eigenvalue weighted by Crippen LogP contribution is 2.18. The smallest absolute Gasteiger partial charge is 0.0930 e. The van der Waals surface area contributed by atoms with Crippen LogP contribution in [0, 0.1) is 0 Å². The number of nitrogens with two attached hydrogens (primary N) is 1. The highest BCUT2D eigenvalue weighted by molar-refractivity contribution is 5.48. The first-order valence-electron chi connectivity index (χ1n) is 5.64. The van der Waals surface area contributed by atoms with Gasteiger partial charge >= 0.3 is 0 Å². The largest absolute Gasteiger partial charge is 0.369 e. The maximum Gasteiger partial charge on any atom is 0.0930 e. The molecule has 2 N–H and O–H groups in total. The monoisotopic (exact) mass is 221 g/mol. The summed E-state index contributed by atoms with van der Waals surface area (Å²) in [6, 6.07) is 8.39. The Balaban J connectivity index is 2.05. The number of anilines is 1. The van der Waals surface area contributed by atoms with Crippen LogP contribution in [0.15, 0.2) is 24.3 Å². The summed E-state index contributed by atoms with van der Waals surface area (Å²) in [6.07, 6.45) is 0. The summed E-state index contributed by atoms with van der Waals surface area (Å²) in [5.74, 6) is 5.09. The predicted octanol–water partition coefficient (Wildman–Crippen LogP) is 0.829. The standard InChI is InChI=1S/C12H19N3O/c1-14-5-7-15(8-6-14)12-4-2-3-11(9-12)10-16-13/h2-4,9H,5-8,10,13H2,1H3. The number of likely N-dealkylation sites (N-methyl/N-ethyl adjacent to an activating group) is 1. The van der Waals surface area contributed by atoms with Crippen LogP contribution in [0.2, 0.25) is 0 Å². The van der Waals surface area contributed by atoms with E-state index >= 15 is 0 Å². The van der Waals surface area contributed by atoms with Crippen molar-refractivity contribution in [2.75, 3.05) is 38.1 Å². The third kappa shape index (κ3) is 2.72. The Labute approximate surface area is 96.5 Å². The summed E-state index contributed by atoms with van der Waals surface area (Å²) in [5, 5.41) is 0. The highest BCUT2D eigenvalue weighted by Gasteiger charge is 2.14. The fourth-order valence-electron chi connectivity index (χ4n) is 2.00. The van der Waals surface area contributed by atoms with Crippen LogP contribution in [-0.2, 0) is 11.4 Å². The zero-order valence-corrected chi connectivity index (χ0v) is 9.72. The molecule has 0 bridgehead atoms. The van der Waals surface area contributed by atoms with Gasteiger partial charge in [-0.25, -0.2) is 5.90 Å². The van der Waals surface area contributed by atoms with Crippen molar-refractivity contribution in [1.82, 2.24) is 4.90 Å². The summed E-state index contributed by atoms with van der Waals surface area (Å²) in [6.45, 7) is 4.89. The SMILES string of the molecule is CN1CCN(c2cccc(CON)c2)CC1. The van der Waals surface area contributed by atoms with Crippen molar-refractivity contribution in [3.8, 4) is 0 Å². The molecule has 88 valence electrons. The van der Waals surface area contributed by atoms with E-state index in [0.29, 0.717) is 6.61 Å². The molecule has 1 aliphatic heterocycles. The van der Waals surface area contributed by atoms with Gasteiger partial charge in [-0.05, 0) is 24.7 Å². The third-order valence-electron chi connectivity index (χ3n) is 3.03. The molecular formula is C12H19N3O. The van der Waals surface area contributed by atoms with Gasteiger partial charge in [-0.2, -0.15) is 0 Å². The first-order chi connectivity index (χ1) is 7.79. The molecule has 16 heavy (non-hydrogen) atoms. The highest BCUT2D eigenvalue weighted by atomic mass is 16.6. The second-order valence-electron chi connectivity index (χ2n) is 4.27. The quantitative estimate of drug-likeness (QED) is 0.768. The predicted molar refractivity (Wildman–Crippen MR) is 65.1 cm³/mol. The van der Waals surface area contributed by atoms with Crippen molar-refractivity contribution in [3.63, 3.8) is 0 Å². The number of nitrogens with zero attached hydrogens (tertiary/aromatic N) is 2. The van der Waals surface area contributed by atoms with Gasteiger partial charge in [0.05, 0.1) is 6.61 Å². The number of hydrogen-bond donors (Lipinski definition) is 1. The van der Waals surface area contributed by atoms with Gasteiger partial charge in [0.25, 0.3) is 0 Å². The van der Waals surface area contributed by atoms with E-state index in [1.165, 1.54) is 5.69 Å². The fourth-order valence-corrected chi connectivity index (χ4v) is 2.00. The molecule has 0 aliphatic carbocycles. The van der Waals surface area contributed by atoms with Crippen molar-refractivity contribution >= 4 is 5.69 Å². The first kappa shape index (κ1) is 11.4. The Morgan fingerprint density at radius 3 is 2.69 bits per heavy atom. The van der Waals surface area contributed by atoms with E-state index in [1.807, 2.05) is 6.07 Å². The van der Waals surface area contributed by atoms with Gasteiger partial charge in [0.2, 0.25) is 0 Å². The number of hydrogen-bond acceptors (Lipinski definition) is 4. The van der Waals surface area contributed by atoms with E-state index in [0.717, 1.165) is 31.7 Å². The summed E-state index contributed by atoms with van der Waals surface area (Å²) < 4.78 is 0. The number of piperazine rings is 1. The molecule has 4 nitrogen and oxygen atoms in total. The first-order valence-corrected chi connectivity index (χ1v) is 5.64. The molecule has 0 atom stereocenters. The van der Waals surface area contributed by atoms with E-state index in [9.17, 15) is 0 Å². The normalized spacial score (nSPS) is 17.8. The van der Waals surface area contributed by atoms with E-state index in [1.54, 1.807) is 0 Å². The van der Waals surface area contributed by atoms with Crippen LogP contribution >= 0.6 is 0 Å². The third-order valence-corrected chi connectivity index (χ3v) is 3.03. The molecule has 1 saturated heterocycles. The Bertz CT molecular complexity index is 335. The Hall–Kier alpha value is -1.10. The molecule has 1 heterocycles. The van der Waals surface area contributed by atoms with Crippen LogP contribution in [-0.4, -0.2) is 38.1 Å². The van der Waals surface area contributed by atoms with Crippen LogP contribution in [0.1, 0.15) is 5.56 Å². The van der Waals surface area contributed by atoms with Crippen molar-refractivity contribution in [1.29, 1.82) is 0 Å². The lowest BCUT2D eigenvalue weighted by atomic mass is 10.2. The molecular weight excluding hydrogens is 202 g/mol. The molecule has 0 radical (unpaired) electrons. The lowest BCUT2D eigenvalue weighted by Gasteiger charge is -2.34. The van der Waals surface area contributed by atoms with Gasteiger partial charge in [0, 0.05) is 31.9 Å². The molecule has 0 spiro atoms. The number of rotatable bonds is 3. The van der Waals surface area contributed by atoms with Gasteiger partial charge in [0.15, 0.2) is 0 Å². The van der Waals surface area contributed by atoms with Gasteiger partial charge in [0.1, 0.15) is 0 Å². The minimum Gasteiger partial charge on any atom is -0.369 e. The Kier molecular flexibility index (Phi) is 3.77. The van der Waals surface area contributed by atoms with Crippen LogP contribution in [0.25, 0.3) is 0 Å². The maximum atomic E-state index is 5.09. The minimum absolute atomic E-state index is 0.474. The van der Waals surface area contributed by atoms with Crippen molar-refractivity contribution in [3.05, 3.63) is 29.8 Å². The van der Waals surface area contributed by atoms with E-state index < -0.39 is 0 Å². The molecule has 0 aromatic heterocycles. The van der Waals surface area contributed by atoms with E-state index in [4.69, 9.17) is 5.90 Å². The van der Waals surface area contributed by atoms with Gasteiger partial charge in [-0.15, -0.1) is 0 Å². The van der Waals surface area contributed by atoms with Crippen LogP contribution < -0.4 is 10.8 Å². The summed E-state index contributed by atoms with van der Waals surface area (Å²) in [5.41, 5.74) is 2.39. The van der Waals surface area contributed by atoms with Crippen molar-refractivity contribution < 1.29 is 4.84 Å². The molecule has 1 fully saturated rings. The van der Waals surface area contributed by atoms with Crippen LogP contribution in [0.4, 0.5) is 5.69 Å². The zero-order valence-electron chi connectivity index (χ0n) is 9.72. The Morgan fingerprint density at radius 2 is 2.00 bits per heavy atom. The van der Waals surface area contributed by atoms with Crippen molar-refractivity contribution in [2.24, 2.45) is 5.90 Å². The second kappa shape index (κ2) is 5.30. The lowest BCUT2D eigenvalue weighted by Crippen LogP contribution is -2.44. The fraction of sp³-hybridized carbons (Fsp3) is 0.500. The minimum atomic E-state index is 0.474.